The summed E-state index contributed by atoms with van der Waals surface area (Å²) in [7, 11) is 0. The highest BCUT2D eigenvalue weighted by Gasteiger charge is 2.32. The third-order valence-corrected chi connectivity index (χ3v) is 4.22. The fourth-order valence-corrected chi connectivity index (χ4v) is 2.70. The van der Waals surface area contributed by atoms with E-state index in [0.717, 1.165) is 12.8 Å². The van der Waals surface area contributed by atoms with E-state index in [1.54, 1.807) is 6.92 Å². The van der Waals surface area contributed by atoms with Gasteiger partial charge in [0.05, 0.1) is 6.04 Å². The van der Waals surface area contributed by atoms with E-state index in [9.17, 15) is 14.7 Å². The quantitative estimate of drug-likeness (QED) is 0.205. The molecular weight excluding hydrogens is 342 g/mol. The van der Waals surface area contributed by atoms with Crippen molar-refractivity contribution in [2.75, 3.05) is 29.5 Å². The van der Waals surface area contributed by atoms with E-state index in [0.29, 0.717) is 18.8 Å². The van der Waals surface area contributed by atoms with Crippen LogP contribution in [0.4, 0.5) is 17.5 Å². The van der Waals surface area contributed by atoms with Crippen molar-refractivity contribution in [3.8, 4) is 0 Å². The van der Waals surface area contributed by atoms with Crippen LogP contribution in [0.1, 0.15) is 26.2 Å². The fraction of sp³-hybridized carbons (Fsp3) is 0.667. The van der Waals surface area contributed by atoms with Gasteiger partial charge >= 0.3 is 5.97 Å². The van der Waals surface area contributed by atoms with Crippen molar-refractivity contribution in [1.82, 2.24) is 9.97 Å². The normalized spacial score (nSPS) is 19.5. The van der Waals surface area contributed by atoms with Crippen LogP contribution in [0, 0.1) is 0 Å². The number of carbonyl (C=O) groups excluding carboxylic acids is 1. The highest BCUT2D eigenvalue weighted by Crippen LogP contribution is 2.22. The molecule has 26 heavy (non-hydrogen) atoms. The zero-order valence-corrected chi connectivity index (χ0v) is 14.7. The minimum atomic E-state index is -1.06. The number of hydrogen-bond acceptors (Lipinski definition) is 10. The van der Waals surface area contributed by atoms with Gasteiger partial charge in [0, 0.05) is 6.54 Å². The molecule has 1 aliphatic rings. The zero-order chi connectivity index (χ0) is 19.3. The molecule has 2 rings (SSSR count). The van der Waals surface area contributed by atoms with Crippen LogP contribution in [0.3, 0.4) is 0 Å². The van der Waals surface area contributed by atoms with Gasteiger partial charge in [-0.15, -0.1) is 0 Å². The maximum absolute atomic E-state index is 12.0. The molecule has 2 heterocycles. The van der Waals surface area contributed by atoms with Crippen molar-refractivity contribution in [3.05, 3.63) is 10.4 Å². The maximum Gasteiger partial charge on any atom is 0.323 e. The highest BCUT2D eigenvalue weighted by molar-refractivity contribution is 5.75. The summed E-state index contributed by atoms with van der Waals surface area (Å²) in [4.78, 5) is 30.3. The van der Waals surface area contributed by atoms with Crippen molar-refractivity contribution >= 4 is 23.4 Å². The molecule has 0 saturated heterocycles. The van der Waals surface area contributed by atoms with Gasteiger partial charge in [-0.3, -0.25) is 14.6 Å². The Kier molecular flexibility index (Phi) is 6.77. The van der Waals surface area contributed by atoms with Crippen molar-refractivity contribution < 1.29 is 14.6 Å². The van der Waals surface area contributed by atoms with Crippen LogP contribution in [0.5, 0.6) is 0 Å². The monoisotopic (exact) mass is 369 g/mol. The van der Waals surface area contributed by atoms with E-state index in [-0.39, 0.29) is 18.2 Å². The molecule has 0 radical (unpaired) electrons. The molecule has 0 amide bonds. The number of nitrogens with zero attached hydrogens (tertiary/aromatic N) is 1. The number of aromatic nitrogens is 2. The van der Waals surface area contributed by atoms with Gasteiger partial charge in [0.2, 0.25) is 5.95 Å². The average molecular weight is 369 g/mol. The second-order valence-electron chi connectivity index (χ2n) is 6.33. The van der Waals surface area contributed by atoms with Gasteiger partial charge in [-0.25, -0.2) is 0 Å². The van der Waals surface area contributed by atoms with Crippen LogP contribution < -0.4 is 33.4 Å². The smallest absolute Gasteiger partial charge is 0.323 e. The molecule has 2 unspecified atom stereocenters. The minimum absolute atomic E-state index is 0.00651. The maximum atomic E-state index is 12.0. The highest BCUT2D eigenvalue weighted by atomic mass is 16.6. The van der Waals surface area contributed by atoms with Crippen LogP contribution in [-0.2, 0) is 9.53 Å². The molecule has 1 aromatic heterocycles. The molecule has 0 spiro atoms. The lowest BCUT2D eigenvalue weighted by Crippen LogP contribution is -2.50. The number of esters is 1. The number of nitrogen functional groups attached to an aromatic ring is 1. The number of H-pyrrole nitrogens is 1. The average Bonchev–Trinajstić information content (AvgIpc) is 2.60. The number of rotatable bonds is 8. The van der Waals surface area contributed by atoms with Crippen LogP contribution in [-0.4, -0.2) is 58.4 Å². The van der Waals surface area contributed by atoms with Gasteiger partial charge in [-0.1, -0.05) is 6.42 Å². The third-order valence-electron chi connectivity index (χ3n) is 4.22. The Balaban J connectivity index is 1.93. The van der Waals surface area contributed by atoms with Crippen molar-refractivity contribution in [2.45, 2.75) is 50.5 Å². The van der Waals surface area contributed by atoms with Crippen molar-refractivity contribution in [3.63, 3.8) is 0 Å². The molecule has 0 saturated carbocycles. The fourth-order valence-electron chi connectivity index (χ4n) is 2.70. The number of anilines is 3. The van der Waals surface area contributed by atoms with Gasteiger partial charge < -0.3 is 37.7 Å². The van der Waals surface area contributed by atoms with Crippen LogP contribution in [0.2, 0.25) is 0 Å². The first-order chi connectivity index (χ1) is 12.3. The molecule has 4 atom stereocenters. The summed E-state index contributed by atoms with van der Waals surface area (Å²) >= 11 is 0. The number of nitrogens with two attached hydrogens (primary N) is 3. The summed E-state index contributed by atoms with van der Waals surface area (Å²) in [5.41, 5.74) is 16.4. The van der Waals surface area contributed by atoms with Gasteiger partial charge in [0.15, 0.2) is 5.82 Å². The number of carbonyl (C=O) groups is 1. The van der Waals surface area contributed by atoms with Crippen molar-refractivity contribution in [1.29, 1.82) is 0 Å². The Bertz CT molecular complexity index is 680. The summed E-state index contributed by atoms with van der Waals surface area (Å²) in [6.45, 7) is 2.38. The van der Waals surface area contributed by atoms with Gasteiger partial charge in [0.25, 0.3) is 5.56 Å². The van der Waals surface area contributed by atoms with E-state index in [2.05, 4.69) is 20.6 Å². The minimum Gasteiger partial charge on any atom is -0.459 e. The number of unbranched alkanes of at least 4 members (excludes halogenated alkanes) is 1. The Morgan fingerprint density at radius 2 is 2.19 bits per heavy atom. The van der Waals surface area contributed by atoms with E-state index in [1.807, 2.05) is 0 Å². The summed E-state index contributed by atoms with van der Waals surface area (Å²) < 4.78 is 5.26. The topological polar surface area (TPSA) is 194 Å². The number of aliphatic hydroxyl groups is 1. The molecular formula is C15H27N7O4. The predicted molar refractivity (Wildman–Crippen MR) is 97.6 cm³/mol. The number of nitrogens with one attached hydrogen (secondary N) is 3. The van der Waals surface area contributed by atoms with Crippen LogP contribution >= 0.6 is 0 Å². The van der Waals surface area contributed by atoms with Gasteiger partial charge in [-0.05, 0) is 26.3 Å². The first kappa shape index (κ1) is 19.9. The number of aliphatic hydroxyl groups excluding tert-OH is 1. The first-order valence-electron chi connectivity index (χ1n) is 8.58. The first-order valence-corrected chi connectivity index (χ1v) is 8.58. The molecule has 11 nitrogen and oxygen atoms in total. The molecule has 1 aromatic rings. The molecule has 10 N–H and O–H groups in total. The molecule has 11 heteroatoms. The number of aromatic amines is 1. The molecule has 0 bridgehead atoms. The predicted octanol–water partition coefficient (Wildman–Crippen LogP) is -1.69. The van der Waals surface area contributed by atoms with E-state index >= 15 is 0 Å². The number of fused-ring (bicyclic) bond motifs is 1. The van der Waals surface area contributed by atoms with Crippen LogP contribution in [0.25, 0.3) is 0 Å². The SMILES string of the molecule is C[C@H](OC(=O)C(N)CCCCN)C(O)[C@H]1CNc2nc(N)[nH]c(=O)c2N1. The Labute approximate surface area is 150 Å². The largest absolute Gasteiger partial charge is 0.459 e. The number of ether oxygens (including phenoxy) is 1. The summed E-state index contributed by atoms with van der Waals surface area (Å²) in [5, 5.41) is 16.3. The lowest BCUT2D eigenvalue weighted by Gasteiger charge is -2.33. The Morgan fingerprint density at radius 3 is 2.88 bits per heavy atom. The van der Waals surface area contributed by atoms with Gasteiger partial charge in [0.1, 0.15) is 23.9 Å². The zero-order valence-electron chi connectivity index (χ0n) is 14.7. The Morgan fingerprint density at radius 1 is 1.46 bits per heavy atom. The lowest BCUT2D eigenvalue weighted by molar-refractivity contribution is -0.155. The van der Waals surface area contributed by atoms with Crippen LogP contribution in [0.15, 0.2) is 4.79 Å². The van der Waals surface area contributed by atoms with Gasteiger partial charge in [-0.2, -0.15) is 4.98 Å². The summed E-state index contributed by atoms with van der Waals surface area (Å²) in [6, 6.07) is -1.32. The molecule has 0 aromatic carbocycles. The molecule has 146 valence electrons. The number of hydrogen-bond donors (Lipinski definition) is 7. The van der Waals surface area contributed by atoms with E-state index in [1.165, 1.54) is 0 Å². The second-order valence-corrected chi connectivity index (χ2v) is 6.33. The summed E-state index contributed by atoms with van der Waals surface area (Å²) in [5.74, 6) is -0.278. The molecule has 0 aliphatic carbocycles. The van der Waals surface area contributed by atoms with E-state index < -0.39 is 35.8 Å². The second kappa shape index (κ2) is 8.83. The molecule has 1 aliphatic heterocycles. The Hall–Kier alpha value is -2.37. The van der Waals surface area contributed by atoms with Crippen molar-refractivity contribution in [2.24, 2.45) is 11.5 Å². The standard InChI is InChI=1S/C15H27N7O4/c1-7(26-14(25)8(17)4-2-3-5-16)11(23)9-6-19-12-10(20-9)13(24)22-15(18)21-12/h7-9,11,20,23H,2-6,16-17H2,1H3,(H4,18,19,21,22,24)/t7-,8?,9+,11?/m0/s1. The van der Waals surface area contributed by atoms with E-state index in [4.69, 9.17) is 21.9 Å². The summed E-state index contributed by atoms with van der Waals surface area (Å²) in [6.07, 6.45) is 0.104. The lowest BCUT2D eigenvalue weighted by atomic mass is 10.0. The third kappa shape index (κ3) is 4.84. The molecule has 0 fully saturated rings.